The molecule has 0 unspecified atom stereocenters. The van der Waals surface area contributed by atoms with Crippen molar-refractivity contribution in [2.24, 2.45) is 0 Å². The van der Waals surface area contributed by atoms with Gasteiger partial charge < -0.3 is 24.5 Å². The van der Waals surface area contributed by atoms with Crippen molar-refractivity contribution < 1.29 is 19.1 Å². The van der Waals surface area contributed by atoms with E-state index in [1.807, 2.05) is 47.4 Å². The van der Waals surface area contributed by atoms with E-state index in [2.05, 4.69) is 10.3 Å². The zero-order valence-electron chi connectivity index (χ0n) is 18.2. The number of hydrogen-bond acceptors (Lipinski definition) is 6. The van der Waals surface area contributed by atoms with E-state index in [9.17, 15) is 9.90 Å². The fourth-order valence-electron chi connectivity index (χ4n) is 4.18. The van der Waals surface area contributed by atoms with Gasteiger partial charge in [-0.15, -0.1) is 0 Å². The number of ether oxygens (including phenoxy) is 1. The highest BCUT2D eigenvalue weighted by Crippen LogP contribution is 2.43. The molecule has 0 saturated carbocycles. The van der Waals surface area contributed by atoms with Crippen molar-refractivity contribution in [1.29, 1.82) is 0 Å². The molecule has 2 aromatic heterocycles. The Balaban J connectivity index is 1.60. The van der Waals surface area contributed by atoms with Crippen LogP contribution in [0.5, 0.6) is 5.75 Å². The molecule has 0 radical (unpaired) electrons. The fourth-order valence-corrected chi connectivity index (χ4v) is 4.52. The molecule has 1 fully saturated rings. The lowest BCUT2D eigenvalue weighted by Crippen LogP contribution is -2.29. The summed E-state index contributed by atoms with van der Waals surface area (Å²) in [5, 5.41) is 13.6. The average molecular weight is 472 g/mol. The van der Waals surface area contributed by atoms with Gasteiger partial charge in [0.05, 0.1) is 24.4 Å². The molecule has 2 atom stereocenters. The molecule has 2 aromatic carbocycles. The van der Waals surface area contributed by atoms with E-state index in [4.69, 9.17) is 21.4 Å². The van der Waals surface area contributed by atoms with Crippen LogP contribution in [0.2, 0.25) is 0 Å². The first-order chi connectivity index (χ1) is 16.6. The molecule has 0 spiro atoms. The van der Waals surface area contributed by atoms with Crippen LogP contribution >= 0.6 is 12.2 Å². The molecule has 0 amide bonds. The third kappa shape index (κ3) is 3.88. The zero-order valence-corrected chi connectivity index (χ0v) is 19.0. The van der Waals surface area contributed by atoms with Crippen molar-refractivity contribution in [2.75, 3.05) is 12.0 Å². The Labute approximate surface area is 201 Å². The van der Waals surface area contributed by atoms with Gasteiger partial charge in [-0.2, -0.15) is 0 Å². The summed E-state index contributed by atoms with van der Waals surface area (Å²) in [6, 6.07) is 22.8. The molecule has 0 aliphatic carbocycles. The highest BCUT2D eigenvalue weighted by Gasteiger charge is 2.42. The summed E-state index contributed by atoms with van der Waals surface area (Å²) in [7, 11) is 1.35. The van der Waals surface area contributed by atoms with Crippen LogP contribution in [0.3, 0.4) is 0 Å². The molecule has 1 saturated heterocycles. The van der Waals surface area contributed by atoms with Gasteiger partial charge in [-0.25, -0.2) is 4.79 Å². The quantitative estimate of drug-likeness (QED) is 0.310. The Morgan fingerprint density at radius 3 is 2.56 bits per heavy atom. The highest BCUT2D eigenvalue weighted by molar-refractivity contribution is 7.80. The number of methoxy groups -OCH3 is 1. The van der Waals surface area contributed by atoms with Gasteiger partial charge in [-0.3, -0.25) is 4.98 Å². The standard InChI is InChI=1S/C26H21N3O4S/c1-32-25(31)19-7-3-2-6-18(19)21-13-14-22(33-21)24-23(20-8-4-5-15-27-20)28-26(34)29(24)16-9-11-17(30)12-10-16/h2-15,23-24,30H,1H3,(H,28,34)/t23-,24+/m1/s1. The maximum Gasteiger partial charge on any atom is 0.338 e. The normalized spacial score (nSPS) is 17.4. The Hall–Kier alpha value is -4.17. The van der Waals surface area contributed by atoms with E-state index < -0.39 is 5.97 Å². The SMILES string of the molecule is COC(=O)c1ccccc1-c1ccc([C@H]2[C@@H](c3ccccn3)NC(=S)N2c2ccc(O)cc2)o1. The van der Waals surface area contributed by atoms with Crippen LogP contribution in [0.4, 0.5) is 5.69 Å². The number of carbonyl (C=O) groups excluding carboxylic acids is 1. The number of phenolic OH excluding ortho intramolecular Hbond substituents is 1. The van der Waals surface area contributed by atoms with Crippen LogP contribution in [0.1, 0.15) is 33.9 Å². The molecule has 0 bridgehead atoms. The van der Waals surface area contributed by atoms with E-state index in [1.165, 1.54) is 7.11 Å². The summed E-state index contributed by atoms with van der Waals surface area (Å²) in [5.41, 5.74) is 2.66. The van der Waals surface area contributed by atoms with Crippen LogP contribution < -0.4 is 10.2 Å². The van der Waals surface area contributed by atoms with E-state index in [0.717, 1.165) is 11.4 Å². The third-order valence-electron chi connectivity index (χ3n) is 5.74. The molecule has 5 rings (SSSR count). The van der Waals surface area contributed by atoms with Gasteiger partial charge in [0.2, 0.25) is 0 Å². The fraction of sp³-hybridized carbons (Fsp3) is 0.115. The van der Waals surface area contributed by atoms with Crippen molar-refractivity contribution in [2.45, 2.75) is 12.1 Å². The number of rotatable bonds is 5. The molecular weight excluding hydrogens is 450 g/mol. The Kier molecular flexibility index (Phi) is 5.73. The number of aromatic hydroxyl groups is 1. The first kappa shape index (κ1) is 21.7. The van der Waals surface area contributed by atoms with Crippen LogP contribution in [-0.4, -0.2) is 28.3 Å². The van der Waals surface area contributed by atoms with Gasteiger partial charge in [0, 0.05) is 17.4 Å². The van der Waals surface area contributed by atoms with E-state index in [-0.39, 0.29) is 17.8 Å². The van der Waals surface area contributed by atoms with Crippen LogP contribution in [0, 0.1) is 0 Å². The van der Waals surface area contributed by atoms with Gasteiger partial charge in [-0.1, -0.05) is 24.3 Å². The number of carbonyl (C=O) groups is 1. The molecule has 1 aliphatic heterocycles. The molecular formula is C26H21N3O4S. The second kappa shape index (κ2) is 8.99. The molecule has 34 heavy (non-hydrogen) atoms. The molecule has 2 N–H and O–H groups in total. The number of pyridine rings is 1. The zero-order chi connectivity index (χ0) is 23.7. The summed E-state index contributed by atoms with van der Waals surface area (Å²) in [6.07, 6.45) is 1.74. The number of phenols is 1. The Morgan fingerprint density at radius 1 is 1.06 bits per heavy atom. The molecule has 8 heteroatoms. The van der Waals surface area contributed by atoms with Crippen molar-refractivity contribution in [3.63, 3.8) is 0 Å². The summed E-state index contributed by atoms with van der Waals surface area (Å²) in [4.78, 5) is 18.8. The number of esters is 1. The molecule has 1 aliphatic rings. The first-order valence-corrected chi connectivity index (χ1v) is 11.0. The second-order valence-electron chi connectivity index (χ2n) is 7.75. The van der Waals surface area contributed by atoms with Crippen LogP contribution in [-0.2, 0) is 4.74 Å². The maximum absolute atomic E-state index is 12.3. The second-order valence-corrected chi connectivity index (χ2v) is 8.14. The van der Waals surface area contributed by atoms with Crippen LogP contribution in [0.25, 0.3) is 11.3 Å². The van der Waals surface area contributed by atoms with Gasteiger partial charge in [0.1, 0.15) is 23.3 Å². The largest absolute Gasteiger partial charge is 0.508 e. The molecule has 7 nitrogen and oxygen atoms in total. The van der Waals surface area contributed by atoms with Crippen molar-refractivity contribution in [3.8, 4) is 17.1 Å². The minimum atomic E-state index is -0.436. The number of nitrogens with zero attached hydrogens (tertiary/aromatic N) is 2. The Morgan fingerprint density at radius 2 is 1.82 bits per heavy atom. The van der Waals surface area contributed by atoms with Crippen molar-refractivity contribution in [3.05, 3.63) is 102 Å². The lowest BCUT2D eigenvalue weighted by Gasteiger charge is -2.26. The average Bonchev–Trinajstić information content (AvgIpc) is 3.49. The monoisotopic (exact) mass is 471 g/mol. The number of hydrogen-bond donors (Lipinski definition) is 2. The molecule has 170 valence electrons. The van der Waals surface area contributed by atoms with Gasteiger partial charge in [0.25, 0.3) is 0 Å². The highest BCUT2D eigenvalue weighted by atomic mass is 32.1. The molecule has 3 heterocycles. The minimum absolute atomic E-state index is 0.166. The molecule has 4 aromatic rings. The number of anilines is 1. The van der Waals surface area contributed by atoms with Crippen LogP contribution in [0.15, 0.2) is 89.5 Å². The predicted octanol–water partition coefficient (Wildman–Crippen LogP) is 5.01. The smallest absolute Gasteiger partial charge is 0.338 e. The van der Waals surface area contributed by atoms with Crippen molar-refractivity contribution >= 4 is 29.0 Å². The van der Waals surface area contributed by atoms with E-state index in [0.29, 0.717) is 27.8 Å². The Bertz CT molecular complexity index is 1340. The number of nitrogens with one attached hydrogen (secondary N) is 1. The number of benzene rings is 2. The lowest BCUT2D eigenvalue weighted by molar-refractivity contribution is 0.0601. The number of thiocarbonyl (C=S) groups is 1. The summed E-state index contributed by atoms with van der Waals surface area (Å²) in [6.45, 7) is 0. The topological polar surface area (TPSA) is 87.8 Å². The number of aromatic nitrogens is 1. The summed E-state index contributed by atoms with van der Waals surface area (Å²) >= 11 is 5.70. The predicted molar refractivity (Wildman–Crippen MR) is 132 cm³/mol. The third-order valence-corrected chi connectivity index (χ3v) is 6.06. The van der Waals surface area contributed by atoms with E-state index in [1.54, 1.807) is 42.6 Å². The summed E-state index contributed by atoms with van der Waals surface area (Å²) in [5.74, 6) is 0.915. The summed E-state index contributed by atoms with van der Waals surface area (Å²) < 4.78 is 11.3. The van der Waals surface area contributed by atoms with Gasteiger partial charge in [0.15, 0.2) is 5.11 Å². The minimum Gasteiger partial charge on any atom is -0.508 e. The van der Waals surface area contributed by atoms with E-state index >= 15 is 0 Å². The lowest BCUT2D eigenvalue weighted by atomic mass is 10.0. The first-order valence-electron chi connectivity index (χ1n) is 10.6. The maximum atomic E-state index is 12.3. The van der Waals surface area contributed by atoms with Crippen molar-refractivity contribution in [1.82, 2.24) is 10.3 Å². The number of furan rings is 1. The van der Waals surface area contributed by atoms with Gasteiger partial charge >= 0.3 is 5.97 Å². The van der Waals surface area contributed by atoms with Gasteiger partial charge in [-0.05, 0) is 66.8 Å².